The van der Waals surface area contributed by atoms with Gasteiger partial charge in [0.05, 0.1) is 5.69 Å². The van der Waals surface area contributed by atoms with Crippen LogP contribution < -0.4 is 0 Å². The van der Waals surface area contributed by atoms with Crippen molar-refractivity contribution in [1.29, 1.82) is 0 Å². The highest BCUT2D eigenvalue weighted by Gasteiger charge is 2.07. The molecule has 0 bridgehead atoms. The number of hydrogen-bond acceptors (Lipinski definition) is 1. The van der Waals surface area contributed by atoms with Crippen molar-refractivity contribution in [1.82, 2.24) is 4.98 Å². The van der Waals surface area contributed by atoms with E-state index in [1.807, 2.05) is 33.9 Å². The molecule has 106 valence electrons. The number of benzene rings is 1. The van der Waals surface area contributed by atoms with Crippen molar-refractivity contribution in [3.8, 4) is 11.3 Å². The summed E-state index contributed by atoms with van der Waals surface area (Å²) < 4.78 is 0. The number of fused-ring (bicyclic) bond motifs is 1. The number of hydrogen-bond donors (Lipinski definition) is 0. The molecule has 0 amide bonds. The fourth-order valence-corrected chi connectivity index (χ4v) is 2.10. The maximum Gasteiger partial charge on any atom is 0.0708 e. The average Bonchev–Trinajstić information content (AvgIpc) is 2.99. The van der Waals surface area contributed by atoms with E-state index in [9.17, 15) is 0 Å². The molecule has 0 saturated heterocycles. The molecule has 20 heavy (non-hydrogen) atoms. The lowest BCUT2D eigenvalue weighted by Gasteiger charge is -2.04. The van der Waals surface area contributed by atoms with Crippen molar-refractivity contribution < 1.29 is 0 Å². The maximum atomic E-state index is 4.52. The summed E-state index contributed by atoms with van der Waals surface area (Å²) in [6.07, 6.45) is 7.38. The summed E-state index contributed by atoms with van der Waals surface area (Å²) in [4.78, 5) is 4.52. The van der Waals surface area contributed by atoms with Gasteiger partial charge >= 0.3 is 0 Å². The predicted octanol–water partition coefficient (Wildman–Crippen LogP) is 5.68. The summed E-state index contributed by atoms with van der Waals surface area (Å²) in [5, 5.41) is 0. The Balaban J connectivity index is 0.000000461. The maximum absolute atomic E-state index is 4.52. The van der Waals surface area contributed by atoms with Gasteiger partial charge in [0.1, 0.15) is 0 Å². The molecule has 0 unspecified atom stereocenters. The van der Waals surface area contributed by atoms with E-state index in [2.05, 4.69) is 54.4 Å². The lowest BCUT2D eigenvalue weighted by molar-refractivity contribution is 1.21. The van der Waals surface area contributed by atoms with Crippen LogP contribution in [0, 0.1) is 6.92 Å². The third-order valence-electron chi connectivity index (χ3n) is 2.97. The smallest absolute Gasteiger partial charge is 0.0708 e. The molecule has 0 saturated carbocycles. The van der Waals surface area contributed by atoms with Crippen LogP contribution in [-0.4, -0.2) is 4.98 Å². The normalized spacial score (nSPS) is 10.8. The van der Waals surface area contributed by atoms with E-state index in [1.54, 1.807) is 0 Å². The number of allylic oxidation sites excluding steroid dienone is 1. The van der Waals surface area contributed by atoms with E-state index >= 15 is 0 Å². The molecule has 0 fully saturated rings. The quantitative estimate of drug-likeness (QED) is 0.648. The van der Waals surface area contributed by atoms with E-state index in [0.717, 1.165) is 12.1 Å². The summed E-state index contributed by atoms with van der Waals surface area (Å²) in [6, 6.07) is 10.6. The fourth-order valence-electron chi connectivity index (χ4n) is 2.10. The number of nitrogens with zero attached hydrogens (tertiary/aromatic N) is 1. The molecule has 1 aromatic carbocycles. The first-order valence-electron chi connectivity index (χ1n) is 7.55. The Bertz CT molecular complexity index is 568. The van der Waals surface area contributed by atoms with Gasteiger partial charge in [-0.25, -0.2) is 0 Å². The largest absolute Gasteiger partial charge is 0.256 e. The van der Waals surface area contributed by atoms with Gasteiger partial charge < -0.3 is 0 Å². The monoisotopic (exact) mass is 267 g/mol. The number of aromatic nitrogens is 1. The van der Waals surface area contributed by atoms with Crippen LogP contribution in [-0.2, 0) is 6.42 Å². The first kappa shape index (κ1) is 16.2. The van der Waals surface area contributed by atoms with Crippen molar-refractivity contribution in [3.05, 3.63) is 59.3 Å². The molecule has 1 aliphatic rings. The average molecular weight is 267 g/mol. The van der Waals surface area contributed by atoms with Gasteiger partial charge in [-0.1, -0.05) is 63.6 Å². The van der Waals surface area contributed by atoms with Gasteiger partial charge in [0.15, 0.2) is 0 Å². The Hall–Kier alpha value is -1.89. The van der Waals surface area contributed by atoms with Crippen LogP contribution in [0.5, 0.6) is 0 Å². The molecule has 1 aromatic heterocycles. The van der Waals surface area contributed by atoms with Crippen LogP contribution >= 0.6 is 0 Å². The molecule has 1 nitrogen and oxygen atoms in total. The van der Waals surface area contributed by atoms with Crippen LogP contribution in [0.3, 0.4) is 0 Å². The topological polar surface area (TPSA) is 12.9 Å². The van der Waals surface area contributed by atoms with Crippen molar-refractivity contribution in [2.75, 3.05) is 0 Å². The Morgan fingerprint density at radius 1 is 1.00 bits per heavy atom. The predicted molar refractivity (Wildman–Crippen MR) is 89.8 cm³/mol. The molecule has 1 aliphatic carbocycles. The van der Waals surface area contributed by atoms with Crippen molar-refractivity contribution in [2.24, 2.45) is 0 Å². The first-order valence-corrected chi connectivity index (χ1v) is 7.55. The van der Waals surface area contributed by atoms with Crippen molar-refractivity contribution >= 4 is 6.08 Å². The van der Waals surface area contributed by atoms with E-state index in [0.29, 0.717) is 0 Å². The zero-order chi connectivity index (χ0) is 15.0. The van der Waals surface area contributed by atoms with Gasteiger partial charge in [-0.15, -0.1) is 0 Å². The molecule has 2 aromatic rings. The zero-order valence-corrected chi connectivity index (χ0v) is 13.3. The molecule has 0 radical (unpaired) electrons. The molecule has 1 heterocycles. The van der Waals surface area contributed by atoms with Crippen molar-refractivity contribution in [2.45, 2.75) is 41.0 Å². The number of pyridine rings is 1. The summed E-state index contributed by atoms with van der Waals surface area (Å²) >= 11 is 0. The Morgan fingerprint density at radius 3 is 2.45 bits per heavy atom. The Kier molecular flexibility index (Phi) is 6.72. The summed E-state index contributed by atoms with van der Waals surface area (Å²) in [5.74, 6) is 0. The molecule has 3 rings (SSSR count). The second kappa shape index (κ2) is 8.31. The molecular formula is C19H25N. The summed E-state index contributed by atoms with van der Waals surface area (Å²) in [6.45, 7) is 10.1. The zero-order valence-electron chi connectivity index (χ0n) is 13.3. The Labute approximate surface area is 123 Å². The highest BCUT2D eigenvalue weighted by atomic mass is 14.7. The van der Waals surface area contributed by atoms with Crippen LogP contribution in [0.1, 0.15) is 44.4 Å². The Morgan fingerprint density at radius 2 is 1.75 bits per heavy atom. The fraction of sp³-hybridized carbons (Fsp3) is 0.316. The van der Waals surface area contributed by atoms with Gasteiger partial charge in [0.25, 0.3) is 0 Å². The minimum Gasteiger partial charge on any atom is -0.256 e. The first-order chi connectivity index (χ1) is 9.83. The third-order valence-corrected chi connectivity index (χ3v) is 2.97. The highest BCUT2D eigenvalue weighted by Crippen LogP contribution is 2.24. The molecule has 0 atom stereocenters. The van der Waals surface area contributed by atoms with E-state index < -0.39 is 0 Å². The van der Waals surface area contributed by atoms with E-state index in [1.165, 1.54) is 22.3 Å². The lowest BCUT2D eigenvalue weighted by Crippen LogP contribution is -1.89. The van der Waals surface area contributed by atoms with Crippen LogP contribution in [0.25, 0.3) is 17.3 Å². The summed E-state index contributed by atoms with van der Waals surface area (Å²) in [7, 11) is 0. The molecule has 1 heteroatoms. The SMILES string of the molecule is CC.CC.Cc1cccc(-c2cc3c(cn2)CC=C3)c1. The van der Waals surface area contributed by atoms with Gasteiger partial charge in [0, 0.05) is 11.8 Å². The van der Waals surface area contributed by atoms with Crippen LogP contribution in [0.4, 0.5) is 0 Å². The van der Waals surface area contributed by atoms with Gasteiger partial charge in [-0.05, 0) is 36.6 Å². The number of aryl methyl sites for hydroxylation is 1. The molecule has 0 spiro atoms. The highest BCUT2D eigenvalue weighted by molar-refractivity contribution is 5.68. The number of rotatable bonds is 1. The minimum atomic E-state index is 1.02. The standard InChI is InChI=1S/C15H13N.2C2H6/c1-11-4-2-6-13(8-11)15-9-12-5-3-7-14(12)10-16-15;2*1-2/h2-6,8-10H,7H2,1H3;2*1-2H3. The van der Waals surface area contributed by atoms with Gasteiger partial charge in [-0.2, -0.15) is 0 Å². The second-order valence-electron chi connectivity index (χ2n) is 4.24. The van der Waals surface area contributed by atoms with Gasteiger partial charge in [0.2, 0.25) is 0 Å². The third kappa shape index (κ3) is 3.80. The summed E-state index contributed by atoms with van der Waals surface area (Å²) in [5.41, 5.74) is 6.18. The lowest BCUT2D eigenvalue weighted by atomic mass is 10.1. The van der Waals surface area contributed by atoms with Gasteiger partial charge in [-0.3, -0.25) is 4.98 Å². The van der Waals surface area contributed by atoms with Crippen LogP contribution in [0.2, 0.25) is 0 Å². The molecular weight excluding hydrogens is 242 g/mol. The molecule has 0 aliphatic heterocycles. The minimum absolute atomic E-state index is 1.02. The second-order valence-corrected chi connectivity index (χ2v) is 4.24. The van der Waals surface area contributed by atoms with Crippen molar-refractivity contribution in [3.63, 3.8) is 0 Å². The molecule has 0 N–H and O–H groups in total. The van der Waals surface area contributed by atoms with E-state index in [-0.39, 0.29) is 0 Å². The van der Waals surface area contributed by atoms with Crippen LogP contribution in [0.15, 0.2) is 42.6 Å². The van der Waals surface area contributed by atoms with E-state index in [4.69, 9.17) is 0 Å².